The summed E-state index contributed by atoms with van der Waals surface area (Å²) in [5.41, 5.74) is 2.18. The second kappa shape index (κ2) is 10.7. The maximum atomic E-state index is 12.9. The molecule has 1 unspecified atom stereocenters. The fourth-order valence-electron chi connectivity index (χ4n) is 4.24. The molecular formula is C26H27N7O3. The van der Waals surface area contributed by atoms with Crippen molar-refractivity contribution in [3.63, 3.8) is 0 Å². The summed E-state index contributed by atoms with van der Waals surface area (Å²) in [4.78, 5) is 49.0. The van der Waals surface area contributed by atoms with Gasteiger partial charge in [0.1, 0.15) is 5.69 Å². The van der Waals surface area contributed by atoms with Crippen molar-refractivity contribution in [2.24, 2.45) is 5.92 Å². The van der Waals surface area contributed by atoms with E-state index in [4.69, 9.17) is 5.26 Å². The van der Waals surface area contributed by atoms with Gasteiger partial charge >= 0.3 is 11.7 Å². The van der Waals surface area contributed by atoms with Crippen molar-refractivity contribution in [2.75, 3.05) is 18.4 Å². The molecule has 1 saturated heterocycles. The number of hydrogen-bond acceptors (Lipinski definition) is 5. The highest BCUT2D eigenvalue weighted by molar-refractivity contribution is 5.90. The summed E-state index contributed by atoms with van der Waals surface area (Å²) in [6, 6.07) is 6.93. The lowest BCUT2D eigenvalue weighted by Crippen LogP contribution is -2.43. The van der Waals surface area contributed by atoms with Gasteiger partial charge in [-0.25, -0.2) is 14.6 Å². The van der Waals surface area contributed by atoms with Crippen LogP contribution in [0.1, 0.15) is 31.4 Å². The van der Waals surface area contributed by atoms with E-state index >= 15 is 0 Å². The van der Waals surface area contributed by atoms with Crippen molar-refractivity contribution in [3.8, 4) is 6.07 Å². The van der Waals surface area contributed by atoms with Crippen LogP contribution in [0.15, 0.2) is 71.1 Å². The molecule has 10 heteroatoms. The van der Waals surface area contributed by atoms with Crippen molar-refractivity contribution >= 4 is 28.5 Å². The maximum Gasteiger partial charge on any atom is 0.327 e. The summed E-state index contributed by atoms with van der Waals surface area (Å²) in [5, 5.41) is 11.6. The molecule has 2 amide bonds. The number of amides is 2. The monoisotopic (exact) mass is 485 g/mol. The maximum absolute atomic E-state index is 12.9. The Morgan fingerprint density at radius 3 is 2.86 bits per heavy atom. The zero-order chi connectivity index (χ0) is 25.7. The minimum Gasteiger partial charge on any atom is -0.327 e. The number of hydrogen-bond donors (Lipinski definition) is 3. The molecule has 0 aromatic carbocycles. The van der Waals surface area contributed by atoms with E-state index in [9.17, 15) is 14.4 Å². The Kier molecular flexibility index (Phi) is 7.30. The van der Waals surface area contributed by atoms with Gasteiger partial charge in [-0.3, -0.25) is 14.3 Å². The van der Waals surface area contributed by atoms with E-state index in [1.54, 1.807) is 65.2 Å². The quantitative estimate of drug-likeness (QED) is 0.458. The molecule has 0 bridgehead atoms. The number of imidazole rings is 1. The van der Waals surface area contributed by atoms with Gasteiger partial charge in [0, 0.05) is 37.1 Å². The Morgan fingerprint density at radius 2 is 2.14 bits per heavy atom. The number of allylic oxidation sites excluding steroid dienone is 5. The molecule has 1 aliphatic rings. The van der Waals surface area contributed by atoms with Crippen molar-refractivity contribution in [2.45, 2.75) is 25.8 Å². The normalized spacial score (nSPS) is 15.7. The predicted molar refractivity (Wildman–Crippen MR) is 138 cm³/mol. The summed E-state index contributed by atoms with van der Waals surface area (Å²) >= 11 is 0. The number of likely N-dealkylation sites (tertiary alicyclic amines) is 1. The summed E-state index contributed by atoms with van der Waals surface area (Å²) < 4.78 is 1.71. The Labute approximate surface area is 207 Å². The summed E-state index contributed by atoms with van der Waals surface area (Å²) in [6.07, 6.45) is 11.3. The van der Waals surface area contributed by atoms with E-state index < -0.39 is 5.56 Å². The van der Waals surface area contributed by atoms with E-state index in [1.165, 1.54) is 0 Å². The van der Waals surface area contributed by atoms with Gasteiger partial charge in [-0.05, 0) is 43.5 Å². The third kappa shape index (κ3) is 5.20. The predicted octanol–water partition coefficient (Wildman–Crippen LogP) is 3.57. The van der Waals surface area contributed by atoms with E-state index in [1.807, 2.05) is 6.07 Å². The number of aromatic nitrogens is 4. The molecule has 3 aromatic heterocycles. The molecular weight excluding hydrogens is 458 g/mol. The lowest BCUT2D eigenvalue weighted by atomic mass is 10.0. The van der Waals surface area contributed by atoms with Crippen LogP contribution < -0.4 is 16.6 Å². The number of carbonyl (C=O) groups is 1. The third-order valence-corrected chi connectivity index (χ3v) is 6.18. The van der Waals surface area contributed by atoms with E-state index in [0.29, 0.717) is 37.1 Å². The average molecular weight is 486 g/mol. The number of H-pyrrole nitrogens is 2. The van der Waals surface area contributed by atoms with Gasteiger partial charge < -0.3 is 15.2 Å². The molecule has 0 radical (unpaired) electrons. The van der Waals surface area contributed by atoms with Crippen LogP contribution in [-0.2, 0) is 0 Å². The van der Waals surface area contributed by atoms with Gasteiger partial charge in [0.05, 0.1) is 17.5 Å². The zero-order valence-corrected chi connectivity index (χ0v) is 19.9. The smallest absolute Gasteiger partial charge is 0.327 e. The molecule has 0 aliphatic carbocycles. The first-order valence-electron chi connectivity index (χ1n) is 11.7. The number of nitriles is 1. The Balaban J connectivity index is 1.44. The molecule has 0 spiro atoms. The summed E-state index contributed by atoms with van der Waals surface area (Å²) in [7, 11) is 0. The number of aromatic amines is 2. The Hall–Kier alpha value is -4.65. The van der Waals surface area contributed by atoms with Gasteiger partial charge in [-0.1, -0.05) is 30.9 Å². The van der Waals surface area contributed by atoms with E-state index in [0.717, 1.165) is 11.1 Å². The van der Waals surface area contributed by atoms with Gasteiger partial charge in [0.25, 0.3) is 5.56 Å². The molecule has 4 rings (SSSR count). The number of carbonyl (C=O) groups excluding carboxylic acids is 1. The molecule has 3 N–H and O–H groups in total. The lowest BCUT2D eigenvalue weighted by Gasteiger charge is -2.32. The topological polar surface area (TPSA) is 140 Å². The first kappa shape index (κ1) is 24.5. The van der Waals surface area contributed by atoms with Crippen LogP contribution in [0.25, 0.3) is 16.7 Å². The number of piperidine rings is 1. The summed E-state index contributed by atoms with van der Waals surface area (Å²) in [5.74, 6) is -0.229. The van der Waals surface area contributed by atoms with Crippen molar-refractivity contribution in [3.05, 3.63) is 87.9 Å². The number of rotatable bonds is 6. The number of fused-ring (bicyclic) bond motifs is 1. The summed E-state index contributed by atoms with van der Waals surface area (Å²) in [6.45, 7) is 6.47. The SMILES string of the molecule is C=C/C(=C\C=C/C(C)C#N)c1c[nH]c(=O)c(NC(=O)N2CCC(n3c(=O)[nH]c4ncccc43)CC2)c1. The molecule has 1 aliphatic heterocycles. The van der Waals surface area contributed by atoms with Crippen molar-refractivity contribution in [1.82, 2.24) is 24.4 Å². The number of nitrogens with zero attached hydrogens (tertiary/aromatic N) is 4. The minimum absolute atomic E-state index is 0.0525. The first-order valence-corrected chi connectivity index (χ1v) is 11.7. The number of urea groups is 1. The van der Waals surface area contributed by atoms with Crippen molar-refractivity contribution < 1.29 is 4.79 Å². The van der Waals surface area contributed by atoms with Crippen LogP contribution in [0.2, 0.25) is 0 Å². The average Bonchev–Trinajstić information content (AvgIpc) is 3.23. The fourth-order valence-corrected chi connectivity index (χ4v) is 4.24. The van der Waals surface area contributed by atoms with Crippen LogP contribution in [-0.4, -0.2) is 43.5 Å². The van der Waals surface area contributed by atoms with Gasteiger partial charge in [-0.15, -0.1) is 0 Å². The molecule has 1 fully saturated rings. The molecule has 4 heterocycles. The second-order valence-electron chi connectivity index (χ2n) is 8.58. The highest BCUT2D eigenvalue weighted by Crippen LogP contribution is 2.25. The highest BCUT2D eigenvalue weighted by Gasteiger charge is 2.26. The Morgan fingerprint density at radius 1 is 1.36 bits per heavy atom. The van der Waals surface area contributed by atoms with Crippen LogP contribution in [0.3, 0.4) is 0 Å². The van der Waals surface area contributed by atoms with Crippen LogP contribution in [0.5, 0.6) is 0 Å². The van der Waals surface area contributed by atoms with Crippen LogP contribution in [0.4, 0.5) is 10.5 Å². The minimum atomic E-state index is -0.420. The molecule has 184 valence electrons. The number of anilines is 1. The van der Waals surface area contributed by atoms with Crippen LogP contribution in [0, 0.1) is 17.2 Å². The molecule has 10 nitrogen and oxygen atoms in total. The van der Waals surface area contributed by atoms with Crippen molar-refractivity contribution in [1.29, 1.82) is 5.26 Å². The van der Waals surface area contributed by atoms with Gasteiger partial charge in [0.2, 0.25) is 0 Å². The Bertz CT molecular complexity index is 1490. The zero-order valence-electron chi connectivity index (χ0n) is 19.9. The molecule has 1 atom stereocenters. The largest absolute Gasteiger partial charge is 0.327 e. The second-order valence-corrected chi connectivity index (χ2v) is 8.58. The molecule has 0 saturated carbocycles. The van der Waals surface area contributed by atoms with Gasteiger partial charge in [-0.2, -0.15) is 5.26 Å². The molecule has 3 aromatic rings. The number of nitrogens with one attached hydrogen (secondary N) is 3. The molecule has 36 heavy (non-hydrogen) atoms. The lowest BCUT2D eigenvalue weighted by molar-refractivity contribution is 0.184. The first-order chi connectivity index (χ1) is 17.4. The number of pyridine rings is 2. The highest BCUT2D eigenvalue weighted by atomic mass is 16.2. The van der Waals surface area contributed by atoms with E-state index in [2.05, 4.69) is 32.9 Å². The van der Waals surface area contributed by atoms with E-state index in [-0.39, 0.29) is 29.4 Å². The fraction of sp³-hybridized carbons (Fsp3) is 0.269. The van der Waals surface area contributed by atoms with Crippen LogP contribution >= 0.6 is 0 Å². The standard InChI is InChI=1S/C26H27N7O3/c1-3-18(7-4-6-17(2)15-27)19-14-21(24(34)29-16-19)30-25(35)32-12-9-20(10-13-32)33-22-8-5-11-28-23(22)31-26(33)36/h3-8,11,14,16-17,20H,1,9-10,12-13H2,2H3,(H,29,34)(H,30,35)(H,28,31,36)/b6-4-,18-7+. The third-order valence-electron chi connectivity index (χ3n) is 6.18. The van der Waals surface area contributed by atoms with Gasteiger partial charge in [0.15, 0.2) is 5.65 Å².